The second kappa shape index (κ2) is 7.05. The van der Waals surface area contributed by atoms with Gasteiger partial charge in [0.15, 0.2) is 0 Å². The van der Waals surface area contributed by atoms with Gasteiger partial charge in [-0.25, -0.2) is 0 Å². The number of aromatic nitrogens is 2. The number of rotatable bonds is 5. The van der Waals surface area contributed by atoms with Crippen LogP contribution in [0.25, 0.3) is 0 Å². The molecule has 2 heterocycles. The summed E-state index contributed by atoms with van der Waals surface area (Å²) in [6.07, 6.45) is 3.56. The SMILES string of the molecule is Cc1cnn(C[C@@H]2CN(C[C@H](O)c3ccccc3)CCO2)c1. The molecule has 0 bridgehead atoms. The fraction of sp³-hybridized carbons (Fsp3) is 0.471. The molecule has 0 saturated carbocycles. The van der Waals surface area contributed by atoms with E-state index in [1.165, 1.54) is 0 Å². The Morgan fingerprint density at radius 1 is 1.36 bits per heavy atom. The molecule has 0 radical (unpaired) electrons. The van der Waals surface area contributed by atoms with Crippen LogP contribution in [0.3, 0.4) is 0 Å². The number of benzene rings is 1. The Labute approximate surface area is 131 Å². The van der Waals surface area contributed by atoms with Gasteiger partial charge in [0.25, 0.3) is 0 Å². The summed E-state index contributed by atoms with van der Waals surface area (Å²) in [7, 11) is 0. The highest BCUT2D eigenvalue weighted by molar-refractivity contribution is 5.17. The van der Waals surface area contributed by atoms with Gasteiger partial charge >= 0.3 is 0 Å². The molecule has 0 amide bonds. The first-order valence-electron chi connectivity index (χ1n) is 7.77. The van der Waals surface area contributed by atoms with Crippen molar-refractivity contribution in [1.82, 2.24) is 14.7 Å². The third-order valence-corrected chi connectivity index (χ3v) is 3.99. The first-order chi connectivity index (χ1) is 10.7. The average Bonchev–Trinajstić information content (AvgIpc) is 2.93. The fourth-order valence-corrected chi connectivity index (χ4v) is 2.86. The maximum absolute atomic E-state index is 10.4. The lowest BCUT2D eigenvalue weighted by Crippen LogP contribution is -2.45. The summed E-state index contributed by atoms with van der Waals surface area (Å²) in [5.41, 5.74) is 2.13. The van der Waals surface area contributed by atoms with E-state index in [-0.39, 0.29) is 6.10 Å². The highest BCUT2D eigenvalue weighted by Crippen LogP contribution is 2.16. The highest BCUT2D eigenvalue weighted by atomic mass is 16.5. The number of aryl methyl sites for hydroxylation is 1. The van der Waals surface area contributed by atoms with Crippen molar-refractivity contribution in [3.63, 3.8) is 0 Å². The number of aliphatic hydroxyl groups is 1. The first kappa shape index (κ1) is 15.2. The van der Waals surface area contributed by atoms with Gasteiger partial charge in [-0.15, -0.1) is 0 Å². The van der Waals surface area contributed by atoms with E-state index < -0.39 is 6.10 Å². The average molecular weight is 301 g/mol. The number of nitrogens with zero attached hydrogens (tertiary/aromatic N) is 3. The largest absolute Gasteiger partial charge is 0.387 e. The Bertz CT molecular complexity index is 585. The van der Waals surface area contributed by atoms with Crippen LogP contribution in [0.4, 0.5) is 0 Å². The van der Waals surface area contributed by atoms with Gasteiger partial charge < -0.3 is 9.84 Å². The van der Waals surface area contributed by atoms with Crippen molar-refractivity contribution in [2.75, 3.05) is 26.2 Å². The molecule has 0 unspecified atom stereocenters. The number of morpholine rings is 1. The second-order valence-electron chi connectivity index (χ2n) is 5.92. The molecule has 1 fully saturated rings. The normalized spacial score (nSPS) is 20.9. The van der Waals surface area contributed by atoms with Crippen molar-refractivity contribution in [3.05, 3.63) is 53.9 Å². The molecular formula is C17H23N3O2. The van der Waals surface area contributed by atoms with Crippen LogP contribution in [0.2, 0.25) is 0 Å². The van der Waals surface area contributed by atoms with Crippen molar-refractivity contribution in [1.29, 1.82) is 0 Å². The Hall–Kier alpha value is -1.69. The molecule has 1 aliphatic rings. The number of hydrogen-bond donors (Lipinski definition) is 1. The zero-order chi connectivity index (χ0) is 15.4. The molecule has 0 aliphatic carbocycles. The van der Waals surface area contributed by atoms with E-state index in [9.17, 15) is 5.11 Å². The van der Waals surface area contributed by atoms with Crippen molar-refractivity contribution < 1.29 is 9.84 Å². The molecule has 0 spiro atoms. The van der Waals surface area contributed by atoms with Gasteiger partial charge in [0, 0.05) is 25.8 Å². The van der Waals surface area contributed by atoms with Gasteiger partial charge in [-0.05, 0) is 18.1 Å². The summed E-state index contributed by atoms with van der Waals surface area (Å²) in [4.78, 5) is 2.27. The predicted octanol–water partition coefficient (Wildman–Crippen LogP) is 1.63. The number of β-amino-alcohol motifs (C(OH)–C–C–N with tert-alkyl or cyclic N) is 1. The standard InChI is InChI=1S/C17H23N3O2/c1-14-9-18-20(10-14)12-16-11-19(7-8-22-16)13-17(21)15-5-3-2-4-6-15/h2-6,9-10,16-17,21H,7-8,11-13H2,1H3/t16-,17-/m0/s1. The van der Waals surface area contributed by atoms with Crippen LogP contribution < -0.4 is 0 Å². The number of ether oxygens (including phenoxy) is 1. The molecule has 3 rings (SSSR count). The molecule has 5 nitrogen and oxygen atoms in total. The third-order valence-electron chi connectivity index (χ3n) is 3.99. The van der Waals surface area contributed by atoms with Gasteiger partial charge in [-0.1, -0.05) is 30.3 Å². The molecule has 1 aliphatic heterocycles. The summed E-state index contributed by atoms with van der Waals surface area (Å²) < 4.78 is 7.75. The Kier molecular flexibility index (Phi) is 4.87. The van der Waals surface area contributed by atoms with E-state index in [1.807, 2.05) is 54.3 Å². The lowest BCUT2D eigenvalue weighted by atomic mass is 10.1. The van der Waals surface area contributed by atoms with Gasteiger partial charge in [0.05, 0.1) is 31.6 Å². The van der Waals surface area contributed by atoms with Crippen LogP contribution >= 0.6 is 0 Å². The molecule has 1 saturated heterocycles. The van der Waals surface area contributed by atoms with Crippen LogP contribution in [-0.2, 0) is 11.3 Å². The van der Waals surface area contributed by atoms with Crippen molar-refractivity contribution in [2.24, 2.45) is 0 Å². The highest BCUT2D eigenvalue weighted by Gasteiger charge is 2.23. The van der Waals surface area contributed by atoms with E-state index in [0.717, 1.165) is 30.8 Å². The molecule has 2 atom stereocenters. The topological polar surface area (TPSA) is 50.5 Å². The van der Waals surface area contributed by atoms with Crippen molar-refractivity contribution in [2.45, 2.75) is 25.7 Å². The summed E-state index contributed by atoms with van der Waals surface area (Å²) in [5.74, 6) is 0. The fourth-order valence-electron chi connectivity index (χ4n) is 2.86. The molecule has 1 N–H and O–H groups in total. The van der Waals surface area contributed by atoms with Crippen LogP contribution in [0, 0.1) is 6.92 Å². The molecule has 5 heteroatoms. The molecule has 2 aromatic rings. The number of aliphatic hydroxyl groups excluding tert-OH is 1. The van der Waals surface area contributed by atoms with E-state index >= 15 is 0 Å². The van der Waals surface area contributed by atoms with Crippen LogP contribution in [-0.4, -0.2) is 52.1 Å². The zero-order valence-corrected chi connectivity index (χ0v) is 12.9. The second-order valence-corrected chi connectivity index (χ2v) is 5.92. The maximum Gasteiger partial charge on any atom is 0.0916 e. The summed E-state index contributed by atoms with van der Waals surface area (Å²) in [6.45, 7) is 5.81. The van der Waals surface area contributed by atoms with Crippen molar-refractivity contribution >= 4 is 0 Å². The van der Waals surface area contributed by atoms with Crippen LogP contribution in [0.15, 0.2) is 42.7 Å². The molecular weight excluding hydrogens is 278 g/mol. The molecule has 1 aromatic carbocycles. The number of hydrogen-bond acceptors (Lipinski definition) is 4. The van der Waals surface area contributed by atoms with E-state index in [4.69, 9.17) is 4.74 Å². The molecule has 1 aromatic heterocycles. The van der Waals surface area contributed by atoms with Gasteiger partial charge in [0.2, 0.25) is 0 Å². The minimum Gasteiger partial charge on any atom is -0.387 e. The van der Waals surface area contributed by atoms with Gasteiger partial charge in [0.1, 0.15) is 0 Å². The quantitative estimate of drug-likeness (QED) is 0.912. The van der Waals surface area contributed by atoms with Crippen LogP contribution in [0.5, 0.6) is 0 Å². The van der Waals surface area contributed by atoms with Crippen LogP contribution in [0.1, 0.15) is 17.2 Å². The monoisotopic (exact) mass is 301 g/mol. The third kappa shape index (κ3) is 3.94. The van der Waals surface area contributed by atoms with E-state index in [1.54, 1.807) is 0 Å². The first-order valence-corrected chi connectivity index (χ1v) is 7.77. The minimum atomic E-state index is -0.452. The van der Waals surface area contributed by atoms with E-state index in [2.05, 4.69) is 10.00 Å². The predicted molar refractivity (Wildman–Crippen MR) is 84.5 cm³/mol. The molecule has 22 heavy (non-hydrogen) atoms. The smallest absolute Gasteiger partial charge is 0.0916 e. The van der Waals surface area contributed by atoms with E-state index in [0.29, 0.717) is 13.2 Å². The Morgan fingerprint density at radius 2 is 2.18 bits per heavy atom. The van der Waals surface area contributed by atoms with Gasteiger partial charge in [-0.2, -0.15) is 5.10 Å². The van der Waals surface area contributed by atoms with Crippen molar-refractivity contribution in [3.8, 4) is 0 Å². The molecule has 118 valence electrons. The summed E-state index contributed by atoms with van der Waals surface area (Å²) in [5, 5.41) is 14.7. The maximum atomic E-state index is 10.4. The Morgan fingerprint density at radius 3 is 2.91 bits per heavy atom. The summed E-state index contributed by atoms with van der Waals surface area (Å²) in [6, 6.07) is 9.82. The Balaban J connectivity index is 1.54. The summed E-state index contributed by atoms with van der Waals surface area (Å²) >= 11 is 0. The van der Waals surface area contributed by atoms with Gasteiger partial charge in [-0.3, -0.25) is 9.58 Å². The zero-order valence-electron chi connectivity index (χ0n) is 12.9. The lowest BCUT2D eigenvalue weighted by Gasteiger charge is -2.34. The minimum absolute atomic E-state index is 0.121. The lowest BCUT2D eigenvalue weighted by molar-refractivity contribution is -0.0486.